The molecule has 0 radical (unpaired) electrons. The predicted octanol–water partition coefficient (Wildman–Crippen LogP) is 3.24. The van der Waals surface area contributed by atoms with Crippen LogP contribution in [-0.2, 0) is 16.0 Å². The molecule has 1 fully saturated rings. The van der Waals surface area contributed by atoms with Gasteiger partial charge in [0.2, 0.25) is 0 Å². The van der Waals surface area contributed by atoms with Crippen LogP contribution in [0.15, 0.2) is 41.8 Å². The van der Waals surface area contributed by atoms with E-state index >= 15 is 0 Å². The lowest BCUT2D eigenvalue weighted by Crippen LogP contribution is -2.46. The van der Waals surface area contributed by atoms with E-state index in [1.54, 1.807) is 11.3 Å². The fraction of sp³-hybridized carbons (Fsp3) is 0.381. The number of amides is 4. The van der Waals surface area contributed by atoms with Crippen molar-refractivity contribution in [3.63, 3.8) is 0 Å². The Kier molecular flexibility index (Phi) is 5.28. The molecule has 1 aromatic carbocycles. The van der Waals surface area contributed by atoms with E-state index in [1.165, 1.54) is 10.4 Å². The third-order valence-corrected chi connectivity index (χ3v) is 6.37. The summed E-state index contributed by atoms with van der Waals surface area (Å²) in [4.78, 5) is 43.1. The maximum atomic E-state index is 12.7. The van der Waals surface area contributed by atoms with Crippen LogP contribution in [0.2, 0.25) is 0 Å². The van der Waals surface area contributed by atoms with Crippen LogP contribution in [0.3, 0.4) is 0 Å². The second-order valence-corrected chi connectivity index (χ2v) is 8.14. The average Bonchev–Trinajstić information content (AvgIpc) is 3.26. The summed E-state index contributed by atoms with van der Waals surface area (Å²) in [5.41, 5.74) is 2.34. The summed E-state index contributed by atoms with van der Waals surface area (Å²) in [6, 6.07) is 11.7. The molecule has 2 aliphatic heterocycles. The topological polar surface area (TPSA) is 60.9 Å². The fourth-order valence-corrected chi connectivity index (χ4v) is 4.82. The van der Waals surface area contributed by atoms with Gasteiger partial charge in [-0.05, 0) is 35.4 Å². The summed E-state index contributed by atoms with van der Waals surface area (Å²) in [6.45, 7) is 3.14. The summed E-state index contributed by atoms with van der Waals surface area (Å²) >= 11 is 1.74. The number of benzene rings is 1. The van der Waals surface area contributed by atoms with Crippen LogP contribution in [0.5, 0.6) is 0 Å². The summed E-state index contributed by atoms with van der Waals surface area (Å²) in [5, 5.41) is 2.09. The molecule has 0 aliphatic carbocycles. The number of carbonyl (C=O) groups excluding carboxylic acids is 3. The van der Waals surface area contributed by atoms with Gasteiger partial charge in [0.1, 0.15) is 0 Å². The maximum Gasteiger partial charge on any atom is 0.335 e. The number of fused-ring (bicyclic) bond motifs is 1. The summed E-state index contributed by atoms with van der Waals surface area (Å²) in [5.74, 6) is -1.42. The molecule has 0 spiro atoms. The third-order valence-electron chi connectivity index (χ3n) is 5.37. The van der Waals surface area contributed by atoms with Gasteiger partial charge in [0.05, 0.1) is 12.7 Å². The molecule has 3 heterocycles. The number of imide groups is 2. The normalized spacial score (nSPS) is 20.2. The monoisotopic (exact) mass is 397 g/mol. The van der Waals surface area contributed by atoms with Crippen molar-refractivity contribution in [2.75, 3.05) is 19.8 Å². The highest BCUT2D eigenvalue weighted by Gasteiger charge is 2.45. The van der Waals surface area contributed by atoms with Gasteiger partial charge in [-0.25, -0.2) is 9.69 Å². The lowest BCUT2D eigenvalue weighted by atomic mass is 9.94. The molecular weight excluding hydrogens is 374 g/mol. The first kappa shape index (κ1) is 18.8. The van der Waals surface area contributed by atoms with Gasteiger partial charge < -0.3 is 0 Å². The van der Waals surface area contributed by atoms with Crippen LogP contribution in [0.25, 0.3) is 0 Å². The number of hydrogen-bond acceptors (Lipinski definition) is 5. The minimum Gasteiger partial charge on any atom is -0.274 e. The van der Waals surface area contributed by atoms with E-state index in [4.69, 9.17) is 0 Å². The van der Waals surface area contributed by atoms with E-state index in [1.807, 2.05) is 25.1 Å². The Balaban J connectivity index is 1.61. The molecule has 1 unspecified atom stereocenters. The van der Waals surface area contributed by atoms with Crippen molar-refractivity contribution < 1.29 is 14.4 Å². The number of unbranched alkanes of at least 4 members (excludes halogenated alkanes) is 1. The summed E-state index contributed by atoms with van der Waals surface area (Å²) < 4.78 is 0. The molecule has 28 heavy (non-hydrogen) atoms. The molecule has 1 saturated heterocycles. The smallest absolute Gasteiger partial charge is 0.274 e. The van der Waals surface area contributed by atoms with Crippen LogP contribution in [0.1, 0.15) is 41.8 Å². The Morgan fingerprint density at radius 3 is 2.54 bits per heavy atom. The van der Waals surface area contributed by atoms with Crippen molar-refractivity contribution >= 4 is 29.2 Å². The minimum absolute atomic E-state index is 0.0309. The van der Waals surface area contributed by atoms with E-state index < -0.39 is 17.8 Å². The Bertz CT molecular complexity index is 895. The SMILES string of the molecule is CCCCN1C(=O)C(=O)N(CN2CCc3sccc3C2c2ccccc2)C1=O. The number of hydrogen-bond donors (Lipinski definition) is 0. The Morgan fingerprint density at radius 1 is 1.04 bits per heavy atom. The van der Waals surface area contributed by atoms with Crippen LogP contribution in [-0.4, -0.2) is 52.3 Å². The maximum absolute atomic E-state index is 12.7. The standard InChI is InChI=1S/C21H23N3O3S/c1-2-3-11-23-19(25)20(26)24(21(23)27)14-22-12-9-17-16(10-13-28-17)18(22)15-7-5-4-6-8-15/h4-8,10,13,18H,2-3,9,11-12,14H2,1H3. The molecule has 1 atom stereocenters. The number of thiophene rings is 1. The van der Waals surface area contributed by atoms with Crippen LogP contribution in [0, 0.1) is 0 Å². The molecule has 1 aromatic heterocycles. The molecule has 0 bridgehead atoms. The quantitative estimate of drug-likeness (QED) is 0.555. The van der Waals surface area contributed by atoms with E-state index in [0.29, 0.717) is 13.0 Å². The van der Waals surface area contributed by atoms with Gasteiger partial charge in [-0.15, -0.1) is 11.3 Å². The average molecular weight is 398 g/mol. The van der Waals surface area contributed by atoms with Gasteiger partial charge in [-0.3, -0.25) is 19.4 Å². The van der Waals surface area contributed by atoms with E-state index in [-0.39, 0.29) is 12.7 Å². The lowest BCUT2D eigenvalue weighted by molar-refractivity contribution is -0.144. The van der Waals surface area contributed by atoms with Crippen LogP contribution in [0.4, 0.5) is 4.79 Å². The largest absolute Gasteiger partial charge is 0.335 e. The second kappa shape index (κ2) is 7.85. The molecule has 146 valence electrons. The Hall–Kier alpha value is -2.51. The number of urea groups is 1. The zero-order chi connectivity index (χ0) is 19.7. The molecular formula is C21H23N3O3S. The highest BCUT2D eigenvalue weighted by molar-refractivity contribution is 7.10. The van der Waals surface area contributed by atoms with Crippen LogP contribution < -0.4 is 0 Å². The van der Waals surface area contributed by atoms with Gasteiger partial charge in [-0.2, -0.15) is 0 Å². The highest BCUT2D eigenvalue weighted by Crippen LogP contribution is 2.38. The van der Waals surface area contributed by atoms with Crippen molar-refractivity contribution in [3.05, 3.63) is 57.8 Å². The Morgan fingerprint density at radius 2 is 1.79 bits per heavy atom. The van der Waals surface area contributed by atoms with Gasteiger partial charge in [0.25, 0.3) is 0 Å². The van der Waals surface area contributed by atoms with Crippen molar-refractivity contribution in [3.8, 4) is 0 Å². The summed E-state index contributed by atoms with van der Waals surface area (Å²) in [7, 11) is 0. The highest BCUT2D eigenvalue weighted by atomic mass is 32.1. The molecule has 0 N–H and O–H groups in total. The third kappa shape index (κ3) is 3.25. The number of carbonyl (C=O) groups is 3. The van der Waals surface area contributed by atoms with E-state index in [2.05, 4.69) is 28.5 Å². The summed E-state index contributed by atoms with van der Waals surface area (Å²) in [6.07, 6.45) is 2.43. The van der Waals surface area contributed by atoms with E-state index in [0.717, 1.165) is 34.7 Å². The molecule has 0 saturated carbocycles. The first-order valence-electron chi connectivity index (χ1n) is 9.64. The second-order valence-electron chi connectivity index (χ2n) is 7.14. The number of nitrogens with zero attached hydrogens (tertiary/aromatic N) is 3. The zero-order valence-corrected chi connectivity index (χ0v) is 16.7. The zero-order valence-electron chi connectivity index (χ0n) is 15.8. The minimum atomic E-state index is -0.718. The lowest BCUT2D eigenvalue weighted by Gasteiger charge is -2.37. The first-order chi connectivity index (χ1) is 13.6. The van der Waals surface area contributed by atoms with Crippen molar-refractivity contribution in [2.24, 2.45) is 0 Å². The van der Waals surface area contributed by atoms with Crippen molar-refractivity contribution in [1.82, 2.24) is 14.7 Å². The Labute approximate surface area is 168 Å². The molecule has 6 nitrogen and oxygen atoms in total. The van der Waals surface area contributed by atoms with Gasteiger partial charge in [-0.1, -0.05) is 43.7 Å². The van der Waals surface area contributed by atoms with Gasteiger partial charge >= 0.3 is 17.8 Å². The molecule has 7 heteroatoms. The molecule has 2 aromatic rings. The van der Waals surface area contributed by atoms with Crippen LogP contribution >= 0.6 is 11.3 Å². The number of rotatable bonds is 6. The van der Waals surface area contributed by atoms with E-state index in [9.17, 15) is 14.4 Å². The first-order valence-corrected chi connectivity index (χ1v) is 10.5. The molecule has 4 rings (SSSR count). The fourth-order valence-electron chi connectivity index (χ4n) is 3.92. The molecule has 4 amide bonds. The van der Waals surface area contributed by atoms with Crippen molar-refractivity contribution in [2.45, 2.75) is 32.2 Å². The van der Waals surface area contributed by atoms with Gasteiger partial charge in [0, 0.05) is 18.0 Å². The predicted molar refractivity (Wildman–Crippen MR) is 107 cm³/mol. The van der Waals surface area contributed by atoms with Gasteiger partial charge in [0.15, 0.2) is 0 Å². The molecule has 2 aliphatic rings. The van der Waals surface area contributed by atoms with Crippen molar-refractivity contribution in [1.29, 1.82) is 0 Å².